The van der Waals surface area contributed by atoms with E-state index in [0.717, 1.165) is 17.4 Å². The zero-order valence-corrected chi connectivity index (χ0v) is 18.0. The highest BCUT2D eigenvalue weighted by Gasteiger charge is 2.14. The van der Waals surface area contributed by atoms with E-state index in [1.165, 1.54) is 24.7 Å². The van der Waals surface area contributed by atoms with Gasteiger partial charge in [0.2, 0.25) is 5.88 Å². The number of nitrogens with one attached hydrogen (secondary N) is 3. The van der Waals surface area contributed by atoms with E-state index < -0.39 is 11.8 Å². The molecule has 0 aliphatic heterocycles. The number of aromatic nitrogens is 6. The summed E-state index contributed by atoms with van der Waals surface area (Å²) >= 11 is 0. The molecule has 0 fully saturated rings. The van der Waals surface area contributed by atoms with E-state index in [9.17, 15) is 9.18 Å². The van der Waals surface area contributed by atoms with E-state index in [2.05, 4.69) is 35.9 Å². The number of amides is 2. The van der Waals surface area contributed by atoms with Crippen LogP contribution in [0.25, 0.3) is 16.7 Å². The lowest BCUT2D eigenvalue weighted by atomic mass is 10.3. The topological polar surface area (TPSA) is 123 Å². The van der Waals surface area contributed by atoms with Crippen molar-refractivity contribution in [3.8, 4) is 17.3 Å². The number of aromatic amines is 1. The molecule has 0 bridgehead atoms. The lowest BCUT2D eigenvalue weighted by molar-refractivity contribution is 0.262. The number of carbonyl (C=O) groups excluding carboxylic acids is 1. The van der Waals surface area contributed by atoms with Crippen molar-refractivity contribution in [3.05, 3.63) is 78.6 Å². The number of nitrogens with zero attached hydrogens (tertiary/aromatic N) is 5. The Bertz CT molecular complexity index is 1460. The molecule has 2 aromatic carbocycles. The summed E-state index contributed by atoms with van der Waals surface area (Å²) in [5.41, 5.74) is 2.35. The van der Waals surface area contributed by atoms with Crippen LogP contribution in [0.4, 0.5) is 20.7 Å². The smallest absolute Gasteiger partial charge is 0.324 e. The molecule has 2 amide bonds. The van der Waals surface area contributed by atoms with Gasteiger partial charge in [0.1, 0.15) is 17.5 Å². The molecule has 34 heavy (non-hydrogen) atoms. The van der Waals surface area contributed by atoms with E-state index in [0.29, 0.717) is 23.3 Å². The number of anilines is 2. The first-order valence-corrected chi connectivity index (χ1v) is 10.4. The average Bonchev–Trinajstić information content (AvgIpc) is 3.49. The monoisotopic (exact) mass is 458 g/mol. The maximum absolute atomic E-state index is 14.7. The molecule has 0 radical (unpaired) electrons. The molecule has 0 unspecified atom stereocenters. The molecule has 10 nitrogen and oxygen atoms in total. The summed E-state index contributed by atoms with van der Waals surface area (Å²) in [5, 5.41) is 17.0. The molecule has 0 aliphatic rings. The summed E-state index contributed by atoms with van der Waals surface area (Å²) < 4.78 is 21.9. The van der Waals surface area contributed by atoms with Gasteiger partial charge in [-0.2, -0.15) is 10.2 Å². The van der Waals surface area contributed by atoms with Gasteiger partial charge in [0.25, 0.3) is 0 Å². The lowest BCUT2D eigenvalue weighted by Gasteiger charge is -2.11. The normalized spacial score (nSPS) is 10.9. The Labute approximate surface area is 192 Å². The quantitative estimate of drug-likeness (QED) is 0.340. The molecule has 11 heteroatoms. The molecule has 170 valence electrons. The van der Waals surface area contributed by atoms with Crippen LogP contribution in [0.5, 0.6) is 11.6 Å². The van der Waals surface area contributed by atoms with Gasteiger partial charge in [0, 0.05) is 17.8 Å². The van der Waals surface area contributed by atoms with Crippen LogP contribution in [0, 0.1) is 5.82 Å². The first-order chi connectivity index (χ1) is 16.6. The minimum Gasteiger partial charge on any atom is -0.435 e. The van der Waals surface area contributed by atoms with Crippen LogP contribution < -0.4 is 15.4 Å². The molecule has 5 aromatic rings. The van der Waals surface area contributed by atoms with Crippen molar-refractivity contribution < 1.29 is 13.9 Å². The summed E-state index contributed by atoms with van der Waals surface area (Å²) in [4.78, 5) is 20.7. The second-order valence-corrected chi connectivity index (χ2v) is 7.26. The first-order valence-electron chi connectivity index (χ1n) is 10.4. The maximum atomic E-state index is 14.7. The molecule has 0 saturated heterocycles. The number of halogens is 1. The third-order valence-corrected chi connectivity index (χ3v) is 4.97. The minimum atomic E-state index is -0.671. The fraction of sp³-hybridized carbons (Fsp3) is 0.0870. The molecule has 0 atom stereocenters. The maximum Gasteiger partial charge on any atom is 0.324 e. The SMILES string of the molecule is CCc1cc(NC(=O)Nc2ccc(Oc3ncnc4[nH]ncc34)c(F)c2)n(-c2ccccc2)n1. The minimum absolute atomic E-state index is 0.0538. The van der Waals surface area contributed by atoms with Crippen molar-refractivity contribution >= 4 is 28.6 Å². The Kier molecular flexibility index (Phi) is 5.56. The van der Waals surface area contributed by atoms with Gasteiger partial charge >= 0.3 is 6.03 Å². The summed E-state index contributed by atoms with van der Waals surface area (Å²) in [6, 6.07) is 14.8. The van der Waals surface area contributed by atoms with Crippen molar-refractivity contribution in [1.29, 1.82) is 0 Å². The van der Waals surface area contributed by atoms with E-state index in [-0.39, 0.29) is 17.3 Å². The lowest BCUT2D eigenvalue weighted by Crippen LogP contribution is -2.21. The van der Waals surface area contributed by atoms with Gasteiger partial charge < -0.3 is 10.1 Å². The fourth-order valence-electron chi connectivity index (χ4n) is 3.33. The standard InChI is InChI=1S/C23H19FN8O2/c1-2-14-11-20(32(31-14)16-6-4-3-5-7-16)29-23(33)28-15-8-9-19(18(24)10-15)34-22-17-12-27-30-21(17)25-13-26-22/h3-13H,2H2,1H3,(H2,28,29,33)(H,25,26,27,30). The first kappa shape index (κ1) is 21.1. The van der Waals surface area contributed by atoms with Crippen LogP contribution in [0.1, 0.15) is 12.6 Å². The van der Waals surface area contributed by atoms with Crippen molar-refractivity contribution in [2.24, 2.45) is 0 Å². The third kappa shape index (κ3) is 4.26. The van der Waals surface area contributed by atoms with Gasteiger partial charge in [-0.1, -0.05) is 25.1 Å². The largest absolute Gasteiger partial charge is 0.435 e. The predicted molar refractivity (Wildman–Crippen MR) is 124 cm³/mol. The number of urea groups is 1. The zero-order valence-electron chi connectivity index (χ0n) is 18.0. The zero-order chi connectivity index (χ0) is 23.5. The van der Waals surface area contributed by atoms with Gasteiger partial charge in [-0.3, -0.25) is 10.4 Å². The number of fused-ring (bicyclic) bond motifs is 1. The van der Waals surface area contributed by atoms with Gasteiger partial charge in [-0.05, 0) is 30.7 Å². The Balaban J connectivity index is 1.31. The molecule has 0 saturated carbocycles. The number of para-hydroxylation sites is 1. The third-order valence-electron chi connectivity index (χ3n) is 4.97. The number of carbonyl (C=O) groups is 1. The van der Waals surface area contributed by atoms with Crippen molar-refractivity contribution in [2.75, 3.05) is 10.6 Å². The second kappa shape index (κ2) is 8.98. The Morgan fingerprint density at radius 2 is 1.97 bits per heavy atom. The summed E-state index contributed by atoms with van der Waals surface area (Å²) in [5.74, 6) is -0.0663. The van der Waals surface area contributed by atoms with Crippen LogP contribution in [0.2, 0.25) is 0 Å². The van der Waals surface area contributed by atoms with E-state index in [1.807, 2.05) is 37.3 Å². The Morgan fingerprint density at radius 3 is 2.76 bits per heavy atom. The van der Waals surface area contributed by atoms with Gasteiger partial charge in [-0.25, -0.2) is 23.8 Å². The van der Waals surface area contributed by atoms with Crippen LogP contribution in [0.3, 0.4) is 0 Å². The highest BCUT2D eigenvalue weighted by molar-refractivity contribution is 5.99. The number of rotatable bonds is 6. The molecule has 0 spiro atoms. The number of aryl methyl sites for hydroxylation is 1. The van der Waals surface area contributed by atoms with Gasteiger partial charge in [0.15, 0.2) is 17.2 Å². The number of H-pyrrole nitrogens is 1. The molecule has 3 aromatic heterocycles. The number of benzene rings is 2. The van der Waals surface area contributed by atoms with Crippen molar-refractivity contribution in [2.45, 2.75) is 13.3 Å². The molecule has 3 heterocycles. The summed E-state index contributed by atoms with van der Waals surface area (Å²) in [6.07, 6.45) is 3.49. The fourth-order valence-corrected chi connectivity index (χ4v) is 3.33. The predicted octanol–water partition coefficient (Wildman–Crippen LogP) is 4.68. The van der Waals surface area contributed by atoms with Crippen LogP contribution in [-0.2, 0) is 6.42 Å². The molecule has 0 aliphatic carbocycles. The van der Waals surface area contributed by atoms with E-state index in [1.54, 1.807) is 10.7 Å². The Hall–Kier alpha value is -4.80. The van der Waals surface area contributed by atoms with Crippen LogP contribution >= 0.6 is 0 Å². The van der Waals surface area contributed by atoms with Crippen molar-refractivity contribution in [1.82, 2.24) is 29.9 Å². The van der Waals surface area contributed by atoms with Gasteiger partial charge in [-0.15, -0.1) is 0 Å². The number of hydrogen-bond acceptors (Lipinski definition) is 6. The summed E-state index contributed by atoms with van der Waals surface area (Å²) in [7, 11) is 0. The van der Waals surface area contributed by atoms with Crippen LogP contribution in [0.15, 0.2) is 67.1 Å². The highest BCUT2D eigenvalue weighted by atomic mass is 19.1. The number of hydrogen-bond donors (Lipinski definition) is 3. The van der Waals surface area contributed by atoms with Crippen molar-refractivity contribution in [3.63, 3.8) is 0 Å². The number of ether oxygens (including phenoxy) is 1. The molecular formula is C23H19FN8O2. The molecule has 3 N–H and O–H groups in total. The molecular weight excluding hydrogens is 439 g/mol. The van der Waals surface area contributed by atoms with Gasteiger partial charge in [0.05, 0.1) is 17.6 Å². The van der Waals surface area contributed by atoms with E-state index >= 15 is 0 Å². The second-order valence-electron chi connectivity index (χ2n) is 7.26. The highest BCUT2D eigenvalue weighted by Crippen LogP contribution is 2.29. The average molecular weight is 458 g/mol. The van der Waals surface area contributed by atoms with Crippen LogP contribution in [-0.4, -0.2) is 36.0 Å². The molecule has 5 rings (SSSR count). The Morgan fingerprint density at radius 1 is 1.12 bits per heavy atom. The summed E-state index contributed by atoms with van der Waals surface area (Å²) in [6.45, 7) is 1.98. The van der Waals surface area contributed by atoms with E-state index in [4.69, 9.17) is 4.74 Å².